The van der Waals surface area contributed by atoms with Crippen LogP contribution < -0.4 is 9.47 Å². The lowest BCUT2D eigenvalue weighted by atomic mass is 10.0. The van der Waals surface area contributed by atoms with Gasteiger partial charge in [0.25, 0.3) is 0 Å². The molecule has 2 aromatic carbocycles. The fraction of sp³-hybridized carbons (Fsp3) is 0.407. The SMILES string of the molecule is COCC(=O)N1CCN(Cc2cccc(OCCn3cccn3)c2)C[C@](O)(COc2ccccc2)C1. The maximum Gasteiger partial charge on any atom is 0.248 e. The summed E-state index contributed by atoms with van der Waals surface area (Å²) < 4.78 is 18.7. The Bertz CT molecular complexity index is 1080. The number of carbonyl (C=O) groups excluding carboxylic acids is 1. The van der Waals surface area contributed by atoms with Crippen molar-refractivity contribution in [3.8, 4) is 11.5 Å². The molecule has 1 saturated heterocycles. The second kappa shape index (κ2) is 12.5. The molecule has 3 aromatic rings. The molecule has 0 aliphatic carbocycles. The molecule has 1 amide bonds. The molecule has 1 aromatic heterocycles. The van der Waals surface area contributed by atoms with E-state index < -0.39 is 5.60 Å². The molecule has 1 N–H and O–H groups in total. The van der Waals surface area contributed by atoms with Crippen LogP contribution in [0.2, 0.25) is 0 Å². The van der Waals surface area contributed by atoms with Gasteiger partial charge < -0.3 is 24.2 Å². The summed E-state index contributed by atoms with van der Waals surface area (Å²) in [5.74, 6) is 1.32. The molecule has 192 valence electrons. The van der Waals surface area contributed by atoms with Crippen molar-refractivity contribution in [3.63, 3.8) is 0 Å². The summed E-state index contributed by atoms with van der Waals surface area (Å²) in [6, 6.07) is 19.2. The number of benzene rings is 2. The van der Waals surface area contributed by atoms with Gasteiger partial charge in [0.05, 0.1) is 13.1 Å². The summed E-state index contributed by atoms with van der Waals surface area (Å²) in [4.78, 5) is 16.4. The fourth-order valence-electron chi connectivity index (χ4n) is 4.31. The summed E-state index contributed by atoms with van der Waals surface area (Å²) in [7, 11) is 1.50. The highest BCUT2D eigenvalue weighted by molar-refractivity contribution is 5.77. The van der Waals surface area contributed by atoms with Crippen LogP contribution in [0.3, 0.4) is 0 Å². The number of aliphatic hydroxyl groups is 1. The van der Waals surface area contributed by atoms with Crippen LogP contribution in [0.25, 0.3) is 0 Å². The van der Waals surface area contributed by atoms with Crippen LogP contribution in [0.1, 0.15) is 5.56 Å². The third kappa shape index (κ3) is 7.55. The Morgan fingerprint density at radius 1 is 1.03 bits per heavy atom. The molecule has 36 heavy (non-hydrogen) atoms. The fourth-order valence-corrected chi connectivity index (χ4v) is 4.31. The van der Waals surface area contributed by atoms with Crippen LogP contribution in [0.15, 0.2) is 73.1 Å². The zero-order valence-electron chi connectivity index (χ0n) is 20.7. The summed E-state index contributed by atoms with van der Waals surface area (Å²) in [6.45, 7) is 3.50. The first-order valence-corrected chi connectivity index (χ1v) is 12.1. The Morgan fingerprint density at radius 2 is 1.86 bits per heavy atom. The lowest BCUT2D eigenvalue weighted by Crippen LogP contribution is -2.52. The summed E-state index contributed by atoms with van der Waals surface area (Å²) in [5, 5.41) is 15.8. The van der Waals surface area contributed by atoms with Gasteiger partial charge in [-0.05, 0) is 35.9 Å². The number of carbonyl (C=O) groups is 1. The van der Waals surface area contributed by atoms with E-state index >= 15 is 0 Å². The van der Waals surface area contributed by atoms with Crippen LogP contribution in [-0.4, -0.2) is 89.3 Å². The first-order chi connectivity index (χ1) is 17.5. The van der Waals surface area contributed by atoms with E-state index in [-0.39, 0.29) is 25.7 Å². The highest BCUT2D eigenvalue weighted by atomic mass is 16.5. The van der Waals surface area contributed by atoms with Gasteiger partial charge in [-0.1, -0.05) is 30.3 Å². The molecule has 9 heteroatoms. The van der Waals surface area contributed by atoms with Gasteiger partial charge in [-0.15, -0.1) is 0 Å². The summed E-state index contributed by atoms with van der Waals surface area (Å²) in [6.07, 6.45) is 3.65. The molecule has 0 radical (unpaired) electrons. The predicted molar refractivity (Wildman–Crippen MR) is 135 cm³/mol. The predicted octanol–water partition coefficient (Wildman–Crippen LogP) is 2.06. The molecular weight excluding hydrogens is 460 g/mol. The molecule has 9 nitrogen and oxygen atoms in total. The second-order valence-electron chi connectivity index (χ2n) is 9.05. The number of nitrogens with zero attached hydrogens (tertiary/aromatic N) is 4. The summed E-state index contributed by atoms with van der Waals surface area (Å²) >= 11 is 0. The van der Waals surface area contributed by atoms with Crippen molar-refractivity contribution in [2.24, 2.45) is 0 Å². The van der Waals surface area contributed by atoms with Crippen molar-refractivity contribution in [2.75, 3.05) is 53.1 Å². The maximum absolute atomic E-state index is 12.6. The Hall–Kier alpha value is -3.40. The lowest BCUT2D eigenvalue weighted by molar-refractivity contribution is -0.138. The third-order valence-corrected chi connectivity index (χ3v) is 6.01. The topological polar surface area (TPSA) is 89.3 Å². The van der Waals surface area contributed by atoms with E-state index in [1.165, 1.54) is 7.11 Å². The van der Waals surface area contributed by atoms with Crippen molar-refractivity contribution >= 4 is 5.91 Å². The van der Waals surface area contributed by atoms with E-state index in [2.05, 4.69) is 10.00 Å². The monoisotopic (exact) mass is 494 g/mol. The van der Waals surface area contributed by atoms with Crippen molar-refractivity contribution in [1.82, 2.24) is 19.6 Å². The van der Waals surface area contributed by atoms with Gasteiger partial charge in [-0.3, -0.25) is 14.4 Å². The van der Waals surface area contributed by atoms with Crippen molar-refractivity contribution < 1.29 is 24.1 Å². The Balaban J connectivity index is 1.41. The van der Waals surface area contributed by atoms with E-state index in [1.807, 2.05) is 71.5 Å². The first-order valence-electron chi connectivity index (χ1n) is 12.1. The molecule has 0 saturated carbocycles. The number of hydrogen-bond acceptors (Lipinski definition) is 7. The average Bonchev–Trinajstić information content (AvgIpc) is 3.34. The van der Waals surface area contributed by atoms with Gasteiger partial charge in [0.1, 0.15) is 36.9 Å². The van der Waals surface area contributed by atoms with Crippen molar-refractivity contribution in [2.45, 2.75) is 18.7 Å². The van der Waals surface area contributed by atoms with Crippen molar-refractivity contribution in [3.05, 3.63) is 78.6 Å². The van der Waals surface area contributed by atoms with E-state index in [0.29, 0.717) is 45.1 Å². The largest absolute Gasteiger partial charge is 0.492 e. The van der Waals surface area contributed by atoms with Gasteiger partial charge in [-0.25, -0.2) is 0 Å². The zero-order valence-corrected chi connectivity index (χ0v) is 20.7. The molecule has 0 bridgehead atoms. The highest BCUT2D eigenvalue weighted by Crippen LogP contribution is 2.21. The van der Waals surface area contributed by atoms with Gasteiger partial charge in [0.15, 0.2) is 0 Å². The van der Waals surface area contributed by atoms with Crippen LogP contribution in [0.5, 0.6) is 11.5 Å². The molecule has 4 rings (SSSR count). The molecule has 0 unspecified atom stereocenters. The van der Waals surface area contributed by atoms with Gasteiger partial charge in [0.2, 0.25) is 5.91 Å². The minimum atomic E-state index is -1.24. The number of para-hydroxylation sites is 1. The smallest absolute Gasteiger partial charge is 0.248 e. The third-order valence-electron chi connectivity index (χ3n) is 6.01. The quantitative estimate of drug-likeness (QED) is 0.437. The number of rotatable bonds is 11. The van der Waals surface area contributed by atoms with E-state index in [9.17, 15) is 9.90 Å². The Kier molecular flexibility index (Phi) is 8.94. The molecule has 1 fully saturated rings. The van der Waals surface area contributed by atoms with Crippen LogP contribution >= 0.6 is 0 Å². The number of hydrogen-bond donors (Lipinski definition) is 1. The normalized spacial score (nSPS) is 18.6. The van der Waals surface area contributed by atoms with Gasteiger partial charge >= 0.3 is 0 Å². The highest BCUT2D eigenvalue weighted by Gasteiger charge is 2.37. The zero-order chi connectivity index (χ0) is 25.2. The number of amides is 1. The lowest BCUT2D eigenvalue weighted by Gasteiger charge is -2.33. The Labute approximate surface area is 211 Å². The summed E-state index contributed by atoms with van der Waals surface area (Å²) in [5.41, 5.74) is -0.178. The standard InChI is InChI=1S/C27H34N4O5/c1-34-19-26(32)30-14-13-29(20-27(33,21-30)22-36-24-8-3-2-4-9-24)18-23-7-5-10-25(17-23)35-16-15-31-12-6-11-28-31/h2-12,17,33H,13-16,18-22H2,1H3/t27-/m1/s1. The van der Waals surface area contributed by atoms with E-state index in [0.717, 1.165) is 11.3 Å². The second-order valence-corrected chi connectivity index (χ2v) is 9.05. The van der Waals surface area contributed by atoms with Crippen molar-refractivity contribution in [1.29, 1.82) is 0 Å². The number of methoxy groups -OCH3 is 1. The van der Waals surface area contributed by atoms with E-state index in [1.54, 1.807) is 11.1 Å². The van der Waals surface area contributed by atoms with E-state index in [4.69, 9.17) is 14.2 Å². The molecule has 2 heterocycles. The molecule has 1 aliphatic rings. The first kappa shape index (κ1) is 25.7. The maximum atomic E-state index is 12.6. The number of aromatic nitrogens is 2. The van der Waals surface area contributed by atoms with Gasteiger partial charge in [-0.2, -0.15) is 5.10 Å². The Morgan fingerprint density at radius 3 is 2.64 bits per heavy atom. The van der Waals surface area contributed by atoms with Crippen LogP contribution in [0, 0.1) is 0 Å². The molecule has 0 spiro atoms. The average molecular weight is 495 g/mol. The van der Waals surface area contributed by atoms with Gasteiger partial charge in [0, 0.05) is 45.7 Å². The minimum absolute atomic E-state index is 0.0203. The minimum Gasteiger partial charge on any atom is -0.492 e. The molecule has 1 atom stereocenters. The number of ether oxygens (including phenoxy) is 3. The molecular formula is C27H34N4O5. The van der Waals surface area contributed by atoms with Crippen LogP contribution in [0.4, 0.5) is 0 Å². The number of β-amino-alcohol motifs (C(OH)–C–C–N with tert-alkyl or cyclic N) is 1. The molecule has 1 aliphatic heterocycles. The van der Waals surface area contributed by atoms with Crippen LogP contribution in [-0.2, 0) is 22.6 Å².